The summed E-state index contributed by atoms with van der Waals surface area (Å²) in [5, 5.41) is 3.62. The van der Waals surface area contributed by atoms with Gasteiger partial charge in [-0.3, -0.25) is 0 Å². The Hall–Kier alpha value is -5.03. The second-order valence-electron chi connectivity index (χ2n) is 11.0. The van der Waals surface area contributed by atoms with Gasteiger partial charge in [0, 0.05) is 52.4 Å². The van der Waals surface area contributed by atoms with Gasteiger partial charge in [-0.1, -0.05) is 66.2 Å². The lowest BCUT2D eigenvalue weighted by molar-refractivity contribution is 0.0224. The molecular weight excluding hydrogens is 520 g/mol. The van der Waals surface area contributed by atoms with Crippen molar-refractivity contribution in [1.82, 2.24) is 0 Å². The minimum absolute atomic E-state index is 0.0831. The molecule has 7 rings (SSSR count). The SMILES string of the molecule is CCN(c1ccc(C)cc1)c1ccc2c(c1)Oc1ccc(NC(C)c3ccccc3)cc1C21OC(=O)c2ccccc21. The number of hydrogen-bond acceptors (Lipinski definition) is 5. The molecule has 2 aliphatic rings. The van der Waals surface area contributed by atoms with Crippen molar-refractivity contribution in [2.45, 2.75) is 32.4 Å². The van der Waals surface area contributed by atoms with E-state index in [1.54, 1.807) is 0 Å². The van der Waals surface area contributed by atoms with Gasteiger partial charge in [0.2, 0.25) is 0 Å². The van der Waals surface area contributed by atoms with E-state index in [-0.39, 0.29) is 12.0 Å². The number of carbonyl (C=O) groups excluding carboxylic acids is 1. The van der Waals surface area contributed by atoms with Crippen molar-refractivity contribution in [2.24, 2.45) is 0 Å². The summed E-state index contributed by atoms with van der Waals surface area (Å²) in [7, 11) is 0. The largest absolute Gasteiger partial charge is 0.456 e. The Bertz CT molecular complexity index is 1800. The van der Waals surface area contributed by atoms with Gasteiger partial charge in [0.25, 0.3) is 0 Å². The molecule has 5 heteroatoms. The van der Waals surface area contributed by atoms with Crippen LogP contribution in [0.15, 0.2) is 115 Å². The maximum Gasteiger partial charge on any atom is 0.340 e. The third-order valence-corrected chi connectivity index (χ3v) is 8.35. The van der Waals surface area contributed by atoms with Gasteiger partial charge in [0.15, 0.2) is 5.60 Å². The van der Waals surface area contributed by atoms with E-state index in [1.807, 2.05) is 60.7 Å². The maximum absolute atomic E-state index is 13.4. The number of aryl methyl sites for hydroxylation is 1. The molecule has 2 heterocycles. The van der Waals surface area contributed by atoms with Gasteiger partial charge in [0.1, 0.15) is 11.5 Å². The molecular formula is C37H32N2O3. The Morgan fingerprint density at radius 3 is 2.29 bits per heavy atom. The van der Waals surface area contributed by atoms with Gasteiger partial charge in [-0.25, -0.2) is 4.79 Å². The lowest BCUT2D eigenvalue weighted by atomic mass is 9.77. The summed E-state index contributed by atoms with van der Waals surface area (Å²) in [6.07, 6.45) is 0. The van der Waals surface area contributed by atoms with Crippen LogP contribution in [0.25, 0.3) is 0 Å². The first-order valence-corrected chi connectivity index (χ1v) is 14.4. The zero-order valence-electron chi connectivity index (χ0n) is 23.9. The zero-order chi connectivity index (χ0) is 28.8. The molecule has 2 aliphatic heterocycles. The lowest BCUT2D eigenvalue weighted by Gasteiger charge is -2.37. The number of ether oxygens (including phenoxy) is 2. The van der Waals surface area contributed by atoms with E-state index >= 15 is 0 Å². The highest BCUT2D eigenvalue weighted by Gasteiger charge is 2.53. The van der Waals surface area contributed by atoms with E-state index in [0.29, 0.717) is 17.1 Å². The molecule has 5 aromatic carbocycles. The van der Waals surface area contributed by atoms with Gasteiger partial charge in [-0.2, -0.15) is 0 Å². The lowest BCUT2D eigenvalue weighted by Crippen LogP contribution is -2.33. The number of esters is 1. The van der Waals surface area contributed by atoms with E-state index < -0.39 is 5.60 Å². The van der Waals surface area contributed by atoms with Crippen LogP contribution in [0.1, 0.15) is 58.1 Å². The van der Waals surface area contributed by atoms with E-state index in [0.717, 1.165) is 40.3 Å². The summed E-state index contributed by atoms with van der Waals surface area (Å²) in [5.74, 6) is 1.01. The number of benzene rings is 5. The standard InChI is InChI=1S/C37H32N2O3/c1-4-39(28-17-14-24(2)15-18-28)29-19-20-32-35(23-29)41-34-21-16-27(38-25(3)26-10-6-5-7-11-26)22-33(34)37(32)31-13-9-8-12-30(31)36(40)42-37/h5-23,25,38H,4H2,1-3H3. The fourth-order valence-corrected chi connectivity index (χ4v) is 6.23. The molecule has 2 unspecified atom stereocenters. The Kier molecular flexibility index (Phi) is 6.23. The summed E-state index contributed by atoms with van der Waals surface area (Å²) >= 11 is 0. The minimum Gasteiger partial charge on any atom is -0.456 e. The van der Waals surface area contributed by atoms with Crippen LogP contribution in [0, 0.1) is 6.92 Å². The van der Waals surface area contributed by atoms with Crippen LogP contribution in [-0.2, 0) is 10.3 Å². The van der Waals surface area contributed by atoms with Gasteiger partial charge in [-0.15, -0.1) is 0 Å². The first kappa shape index (κ1) is 25.9. The third-order valence-electron chi connectivity index (χ3n) is 8.35. The van der Waals surface area contributed by atoms with Gasteiger partial charge in [0.05, 0.1) is 5.56 Å². The van der Waals surface area contributed by atoms with Crippen LogP contribution in [0.5, 0.6) is 11.5 Å². The van der Waals surface area contributed by atoms with Crippen molar-refractivity contribution in [2.75, 3.05) is 16.8 Å². The first-order chi connectivity index (χ1) is 20.5. The number of nitrogens with one attached hydrogen (secondary N) is 1. The molecule has 5 nitrogen and oxygen atoms in total. The molecule has 0 aliphatic carbocycles. The van der Waals surface area contributed by atoms with E-state index in [9.17, 15) is 4.79 Å². The molecule has 0 saturated carbocycles. The molecule has 0 radical (unpaired) electrons. The molecule has 0 aromatic heterocycles. The molecule has 42 heavy (non-hydrogen) atoms. The second-order valence-corrected chi connectivity index (χ2v) is 11.0. The number of carbonyl (C=O) groups is 1. The zero-order valence-corrected chi connectivity index (χ0v) is 23.9. The fourth-order valence-electron chi connectivity index (χ4n) is 6.23. The van der Waals surface area contributed by atoms with E-state index in [1.165, 1.54) is 11.1 Å². The number of anilines is 3. The van der Waals surface area contributed by atoms with Crippen molar-refractivity contribution in [3.8, 4) is 11.5 Å². The highest BCUT2D eigenvalue weighted by molar-refractivity contribution is 5.97. The number of nitrogens with zero attached hydrogens (tertiary/aromatic N) is 1. The second kappa shape index (κ2) is 10.1. The van der Waals surface area contributed by atoms with Crippen LogP contribution < -0.4 is 15.0 Å². The predicted octanol–water partition coefficient (Wildman–Crippen LogP) is 8.89. The monoisotopic (exact) mass is 552 g/mol. The van der Waals surface area contributed by atoms with Crippen molar-refractivity contribution in [3.05, 3.63) is 149 Å². The summed E-state index contributed by atoms with van der Waals surface area (Å²) < 4.78 is 13.0. The Labute approximate surface area is 246 Å². The Morgan fingerprint density at radius 2 is 1.50 bits per heavy atom. The molecule has 0 bridgehead atoms. The van der Waals surface area contributed by atoms with Crippen molar-refractivity contribution in [3.63, 3.8) is 0 Å². The molecule has 0 fully saturated rings. The topological polar surface area (TPSA) is 50.8 Å². The van der Waals surface area contributed by atoms with Crippen LogP contribution in [0.2, 0.25) is 0 Å². The van der Waals surface area contributed by atoms with Crippen LogP contribution >= 0.6 is 0 Å². The van der Waals surface area contributed by atoms with Crippen molar-refractivity contribution >= 4 is 23.0 Å². The first-order valence-electron chi connectivity index (χ1n) is 14.4. The number of hydrogen-bond donors (Lipinski definition) is 1. The number of rotatable bonds is 6. The van der Waals surface area contributed by atoms with Crippen LogP contribution in [-0.4, -0.2) is 12.5 Å². The molecule has 0 saturated heterocycles. The maximum atomic E-state index is 13.4. The molecule has 1 spiro atoms. The molecule has 5 aromatic rings. The predicted molar refractivity (Wildman–Crippen MR) is 167 cm³/mol. The fraction of sp³-hybridized carbons (Fsp3) is 0.162. The smallest absolute Gasteiger partial charge is 0.340 e. The van der Waals surface area contributed by atoms with Gasteiger partial charge >= 0.3 is 5.97 Å². The van der Waals surface area contributed by atoms with Gasteiger partial charge in [-0.05, 0) is 74.9 Å². The average Bonchev–Trinajstić information content (AvgIpc) is 3.32. The molecule has 208 valence electrons. The summed E-state index contributed by atoms with van der Waals surface area (Å²) in [6.45, 7) is 7.15. The van der Waals surface area contributed by atoms with Gasteiger partial charge < -0.3 is 19.7 Å². The minimum atomic E-state index is -1.12. The summed E-state index contributed by atoms with van der Waals surface area (Å²) in [5.41, 5.74) is 7.33. The molecule has 1 N–H and O–H groups in total. The molecule has 2 atom stereocenters. The van der Waals surface area contributed by atoms with Crippen LogP contribution in [0.3, 0.4) is 0 Å². The average molecular weight is 553 g/mol. The molecule has 0 amide bonds. The Morgan fingerprint density at radius 1 is 0.762 bits per heavy atom. The third kappa shape index (κ3) is 4.12. The normalized spacial score (nSPS) is 17.0. The summed E-state index contributed by atoms with van der Waals surface area (Å²) in [6, 6.07) is 38.8. The van der Waals surface area contributed by atoms with Crippen LogP contribution in [0.4, 0.5) is 17.1 Å². The van der Waals surface area contributed by atoms with E-state index in [4.69, 9.17) is 9.47 Å². The Balaban J connectivity index is 1.36. The van der Waals surface area contributed by atoms with E-state index in [2.05, 4.69) is 85.6 Å². The van der Waals surface area contributed by atoms with Crippen molar-refractivity contribution < 1.29 is 14.3 Å². The highest BCUT2D eigenvalue weighted by Crippen LogP contribution is 2.57. The van der Waals surface area contributed by atoms with Crippen molar-refractivity contribution in [1.29, 1.82) is 0 Å². The highest BCUT2D eigenvalue weighted by atomic mass is 16.6. The summed E-state index contributed by atoms with van der Waals surface area (Å²) in [4.78, 5) is 15.6. The quantitative estimate of drug-likeness (QED) is 0.213. The number of fused-ring (bicyclic) bond motifs is 6.